The van der Waals surface area contributed by atoms with Crippen molar-refractivity contribution >= 4 is 17.3 Å². The largest absolute Gasteiger partial charge is 0.506 e. The van der Waals surface area contributed by atoms with Gasteiger partial charge in [0, 0.05) is 17.0 Å². The van der Waals surface area contributed by atoms with Crippen molar-refractivity contribution in [3.8, 4) is 29.0 Å². The molecule has 0 bridgehead atoms. The Bertz CT molecular complexity index is 1160. The van der Waals surface area contributed by atoms with Gasteiger partial charge in [0.05, 0.1) is 43.0 Å². The first kappa shape index (κ1) is 21.8. The predicted molar refractivity (Wildman–Crippen MR) is 120 cm³/mol. The number of ether oxygens (including phenoxy) is 1. The van der Waals surface area contributed by atoms with E-state index < -0.39 is 0 Å². The molecule has 0 unspecified atom stereocenters. The van der Waals surface area contributed by atoms with E-state index in [-0.39, 0.29) is 5.75 Å². The Kier molecular flexibility index (Phi) is 6.10. The molecule has 32 heavy (non-hydrogen) atoms. The predicted octanol–water partition coefficient (Wildman–Crippen LogP) is 3.74. The number of hydrogen-bond donors (Lipinski definition) is 2. The van der Waals surface area contributed by atoms with Crippen LogP contribution in [0.4, 0.5) is 0 Å². The van der Waals surface area contributed by atoms with E-state index in [1.165, 1.54) is 25.5 Å². The zero-order valence-corrected chi connectivity index (χ0v) is 18.3. The minimum atomic E-state index is 0.100. The van der Waals surface area contributed by atoms with Crippen molar-refractivity contribution in [3.05, 3.63) is 36.2 Å². The molecule has 8 nitrogen and oxygen atoms in total. The molecule has 0 spiro atoms. The smallest absolute Gasteiger partial charge is 0.142 e. The highest BCUT2D eigenvalue weighted by molar-refractivity contribution is 5.92. The number of nitrogens with zero attached hydrogens (tertiary/aromatic N) is 4. The summed E-state index contributed by atoms with van der Waals surface area (Å²) in [6.45, 7) is 2.65. The van der Waals surface area contributed by atoms with Crippen LogP contribution in [0, 0.1) is 11.3 Å². The van der Waals surface area contributed by atoms with Gasteiger partial charge in [0.2, 0.25) is 0 Å². The van der Waals surface area contributed by atoms with Gasteiger partial charge in [0.15, 0.2) is 0 Å². The summed E-state index contributed by atoms with van der Waals surface area (Å²) in [4.78, 5) is 18.7. The fourth-order valence-electron chi connectivity index (χ4n) is 3.82. The third-order valence-electron chi connectivity index (χ3n) is 6.21. The summed E-state index contributed by atoms with van der Waals surface area (Å²) in [6.07, 6.45) is 9.72. The number of aldehydes is 1. The van der Waals surface area contributed by atoms with Gasteiger partial charge in [-0.25, -0.2) is 4.98 Å². The van der Waals surface area contributed by atoms with Crippen LogP contribution in [-0.2, 0) is 4.79 Å². The summed E-state index contributed by atoms with van der Waals surface area (Å²) in [5.41, 5.74) is 3.07. The first-order valence-electron chi connectivity index (χ1n) is 10.8. The number of aromatic nitrogens is 3. The molecule has 2 aliphatic rings. The van der Waals surface area contributed by atoms with Crippen LogP contribution in [-0.4, -0.2) is 45.1 Å². The maximum Gasteiger partial charge on any atom is 0.142 e. The highest BCUT2D eigenvalue weighted by Crippen LogP contribution is 2.42. The molecule has 0 saturated heterocycles. The van der Waals surface area contributed by atoms with Gasteiger partial charge in [-0.15, -0.1) is 0 Å². The maximum atomic E-state index is 9.82. The molecule has 0 atom stereocenters. The van der Waals surface area contributed by atoms with Crippen molar-refractivity contribution < 1.29 is 14.6 Å². The third-order valence-corrected chi connectivity index (χ3v) is 6.21. The molecule has 5 rings (SSSR count). The van der Waals surface area contributed by atoms with Gasteiger partial charge < -0.3 is 24.5 Å². The molecule has 2 N–H and O–H groups in total. The number of carbonyl (C=O) groups excluding carboxylic acids is 1. The van der Waals surface area contributed by atoms with Crippen molar-refractivity contribution in [2.24, 2.45) is 0 Å². The van der Waals surface area contributed by atoms with Crippen LogP contribution in [0.5, 0.6) is 11.5 Å². The first-order valence-corrected chi connectivity index (χ1v) is 10.8. The molecule has 166 valence electrons. The van der Waals surface area contributed by atoms with Gasteiger partial charge in [-0.2, -0.15) is 5.26 Å². The first-order chi connectivity index (χ1) is 15.5. The van der Waals surface area contributed by atoms with Gasteiger partial charge >= 0.3 is 0 Å². The van der Waals surface area contributed by atoms with Crippen LogP contribution in [0.2, 0.25) is 0 Å². The molecule has 3 heterocycles. The van der Waals surface area contributed by atoms with Crippen LogP contribution >= 0.6 is 0 Å². The van der Waals surface area contributed by atoms with Crippen LogP contribution in [0.15, 0.2) is 30.6 Å². The van der Waals surface area contributed by atoms with Gasteiger partial charge in [0.1, 0.15) is 29.5 Å². The average Bonchev–Trinajstić information content (AvgIpc) is 3.43. The fraction of sp³-hybridized carbons (Fsp3) is 0.417. The van der Waals surface area contributed by atoms with E-state index in [1.807, 2.05) is 6.07 Å². The van der Waals surface area contributed by atoms with Crippen molar-refractivity contribution in [1.82, 2.24) is 19.9 Å². The average molecular weight is 434 g/mol. The van der Waals surface area contributed by atoms with Crippen molar-refractivity contribution in [3.63, 3.8) is 0 Å². The normalized spacial score (nSPS) is 16.4. The Hall–Kier alpha value is -3.44. The van der Waals surface area contributed by atoms with Gasteiger partial charge in [-0.05, 0) is 57.2 Å². The molecule has 0 aromatic carbocycles. The molecule has 0 amide bonds. The van der Waals surface area contributed by atoms with Crippen molar-refractivity contribution in [2.75, 3.05) is 13.7 Å². The lowest BCUT2D eigenvalue weighted by Gasteiger charge is -2.29. The number of nitriles is 1. The molecule has 0 aliphatic heterocycles. The molecule has 2 fully saturated rings. The zero-order valence-electron chi connectivity index (χ0n) is 18.3. The maximum absolute atomic E-state index is 9.82. The SMILES string of the molecule is CC1(NCC=O)CC1.COc1cnc2c(c1)c(C#N)c(-c1ccc(O)cn1)n2C1CCC1. The Morgan fingerprint density at radius 3 is 2.66 bits per heavy atom. The van der Waals surface area contributed by atoms with Crippen molar-refractivity contribution in [2.45, 2.75) is 50.6 Å². The zero-order chi connectivity index (χ0) is 22.7. The molecule has 3 aromatic heterocycles. The summed E-state index contributed by atoms with van der Waals surface area (Å²) in [6, 6.07) is 7.79. The molecule has 2 aliphatic carbocycles. The van der Waals surface area contributed by atoms with Crippen LogP contribution in [0.1, 0.15) is 50.6 Å². The number of nitrogens with one attached hydrogen (secondary N) is 1. The highest BCUT2D eigenvalue weighted by atomic mass is 16.5. The number of carbonyl (C=O) groups is 1. The Balaban J connectivity index is 0.000000260. The number of hydrogen-bond acceptors (Lipinski definition) is 7. The van der Waals surface area contributed by atoms with Gasteiger partial charge in [-0.1, -0.05) is 0 Å². The molecular formula is C24H27N5O3. The monoisotopic (exact) mass is 433 g/mol. The van der Waals surface area contributed by atoms with Crippen LogP contribution < -0.4 is 10.1 Å². The third kappa shape index (κ3) is 4.30. The van der Waals surface area contributed by atoms with E-state index in [9.17, 15) is 15.2 Å². The molecule has 8 heteroatoms. The van der Waals surface area contributed by atoms with Gasteiger partial charge in [0.25, 0.3) is 0 Å². The summed E-state index contributed by atoms with van der Waals surface area (Å²) >= 11 is 0. The summed E-state index contributed by atoms with van der Waals surface area (Å²) in [5, 5.41) is 23.2. The van der Waals surface area contributed by atoms with Crippen LogP contribution in [0.3, 0.4) is 0 Å². The molecular weight excluding hydrogens is 406 g/mol. The number of methoxy groups -OCH3 is 1. The summed E-state index contributed by atoms with van der Waals surface area (Å²) in [7, 11) is 1.58. The lowest BCUT2D eigenvalue weighted by molar-refractivity contribution is -0.107. The van der Waals surface area contributed by atoms with E-state index >= 15 is 0 Å². The van der Waals surface area contributed by atoms with E-state index in [0.29, 0.717) is 35.1 Å². The van der Waals surface area contributed by atoms with E-state index in [1.54, 1.807) is 25.4 Å². The summed E-state index contributed by atoms with van der Waals surface area (Å²) in [5.74, 6) is 0.721. The lowest BCUT2D eigenvalue weighted by Crippen LogP contribution is -2.29. The van der Waals surface area contributed by atoms with E-state index in [4.69, 9.17) is 4.74 Å². The summed E-state index contributed by atoms with van der Waals surface area (Å²) < 4.78 is 7.38. The fourth-order valence-corrected chi connectivity index (χ4v) is 3.82. The van der Waals surface area contributed by atoms with Gasteiger partial charge in [-0.3, -0.25) is 4.98 Å². The lowest BCUT2D eigenvalue weighted by atomic mass is 9.92. The number of pyridine rings is 2. The molecule has 3 aromatic rings. The Morgan fingerprint density at radius 2 is 2.12 bits per heavy atom. The number of rotatable bonds is 6. The number of fused-ring (bicyclic) bond motifs is 1. The minimum absolute atomic E-state index is 0.100. The Morgan fingerprint density at radius 1 is 1.34 bits per heavy atom. The minimum Gasteiger partial charge on any atom is -0.506 e. The standard InChI is InChI=1S/C18H16N4O2.C6H11NO/c1-24-13-7-14-15(8-19)17(16-6-5-12(23)9-20-16)22(11-3-2-4-11)18(14)21-10-13;1-6(2-3-6)7-4-5-8/h5-7,9-11,23H,2-4H2,1H3;5,7H,2-4H2,1H3. The quantitative estimate of drug-likeness (QED) is 0.569. The Labute approximate surface area is 186 Å². The van der Waals surface area contributed by atoms with Crippen molar-refractivity contribution in [1.29, 1.82) is 5.26 Å². The molecule has 0 radical (unpaired) electrons. The number of aromatic hydroxyl groups is 1. The topological polar surface area (TPSA) is 113 Å². The second kappa shape index (κ2) is 8.97. The highest BCUT2D eigenvalue weighted by Gasteiger charge is 2.36. The van der Waals surface area contributed by atoms with Crippen LogP contribution in [0.25, 0.3) is 22.4 Å². The molecule has 2 saturated carbocycles. The van der Waals surface area contributed by atoms with E-state index in [0.717, 1.165) is 35.9 Å². The second-order valence-corrected chi connectivity index (χ2v) is 8.55. The van der Waals surface area contributed by atoms with E-state index in [2.05, 4.69) is 32.8 Å². The second-order valence-electron chi connectivity index (χ2n) is 8.55.